The van der Waals surface area contributed by atoms with Gasteiger partial charge in [0.15, 0.2) is 5.82 Å². The molecule has 0 fully saturated rings. The Balaban J connectivity index is 2.74. The Bertz CT molecular complexity index is 388. The van der Waals surface area contributed by atoms with Crippen LogP contribution in [0.2, 0.25) is 0 Å². The van der Waals surface area contributed by atoms with Gasteiger partial charge in [-0.25, -0.2) is 9.78 Å². The monoisotopic (exact) mass is 207 g/mol. The first-order valence-electron chi connectivity index (χ1n) is 4.38. The van der Waals surface area contributed by atoms with Crippen LogP contribution in [-0.4, -0.2) is 24.0 Å². The van der Waals surface area contributed by atoms with Crippen LogP contribution in [0.25, 0.3) is 0 Å². The minimum atomic E-state index is -0.413. The van der Waals surface area contributed by atoms with Crippen molar-refractivity contribution in [3.8, 4) is 0 Å². The summed E-state index contributed by atoms with van der Waals surface area (Å²) in [6, 6.07) is 4.95. The number of amides is 2. The molecule has 6 heteroatoms. The molecule has 0 aromatic carbocycles. The van der Waals surface area contributed by atoms with E-state index in [9.17, 15) is 4.79 Å². The van der Waals surface area contributed by atoms with E-state index in [0.717, 1.165) is 5.69 Å². The molecule has 0 aliphatic rings. The number of carbonyl (C=O) groups is 1. The quantitative estimate of drug-likeness (QED) is 0.455. The Morgan fingerprint density at radius 3 is 2.87 bits per heavy atom. The van der Waals surface area contributed by atoms with E-state index in [2.05, 4.69) is 20.6 Å². The molecule has 0 saturated heterocycles. The summed E-state index contributed by atoms with van der Waals surface area (Å²) in [5.74, 6) is 0.469. The van der Waals surface area contributed by atoms with Gasteiger partial charge < -0.3 is 11.1 Å². The number of rotatable bonds is 1. The molecular weight excluding hydrogens is 194 g/mol. The van der Waals surface area contributed by atoms with Gasteiger partial charge in [-0.1, -0.05) is 6.07 Å². The molecule has 0 radical (unpaired) electrons. The number of aryl methyl sites for hydroxylation is 1. The number of pyridine rings is 1. The van der Waals surface area contributed by atoms with Gasteiger partial charge >= 0.3 is 6.03 Å². The third-order valence-electron chi connectivity index (χ3n) is 1.58. The predicted octanol–water partition coefficient (Wildman–Crippen LogP) is 0.265. The summed E-state index contributed by atoms with van der Waals surface area (Å²) < 4.78 is 0. The molecule has 1 aromatic rings. The lowest BCUT2D eigenvalue weighted by Gasteiger charge is -2.02. The Morgan fingerprint density at radius 2 is 2.27 bits per heavy atom. The van der Waals surface area contributed by atoms with Gasteiger partial charge in [-0.05, 0) is 19.1 Å². The van der Waals surface area contributed by atoms with Crippen LogP contribution in [0.5, 0.6) is 0 Å². The number of aromatic nitrogens is 1. The summed E-state index contributed by atoms with van der Waals surface area (Å²) in [4.78, 5) is 18.9. The molecular formula is C9H13N5O. The van der Waals surface area contributed by atoms with E-state index in [0.29, 0.717) is 5.82 Å². The highest BCUT2D eigenvalue weighted by Crippen LogP contribution is 2.06. The van der Waals surface area contributed by atoms with Crippen molar-refractivity contribution in [2.75, 3.05) is 7.05 Å². The van der Waals surface area contributed by atoms with Crippen molar-refractivity contribution in [2.24, 2.45) is 10.7 Å². The van der Waals surface area contributed by atoms with Crippen molar-refractivity contribution in [3.05, 3.63) is 23.9 Å². The maximum absolute atomic E-state index is 10.9. The van der Waals surface area contributed by atoms with Crippen LogP contribution in [0.4, 0.5) is 10.6 Å². The topological polar surface area (TPSA) is 92.4 Å². The predicted molar refractivity (Wildman–Crippen MR) is 57.8 cm³/mol. The average Bonchev–Trinajstić information content (AvgIpc) is 2.17. The largest absolute Gasteiger partial charge is 0.369 e. The highest BCUT2D eigenvalue weighted by atomic mass is 16.2. The normalized spacial score (nSPS) is 10.9. The molecule has 0 saturated carbocycles. The van der Waals surface area contributed by atoms with E-state index in [4.69, 9.17) is 5.73 Å². The summed E-state index contributed by atoms with van der Waals surface area (Å²) in [5.41, 5.74) is 6.31. The smallest absolute Gasteiger partial charge is 0.321 e. The van der Waals surface area contributed by atoms with Crippen molar-refractivity contribution < 1.29 is 4.79 Å². The minimum Gasteiger partial charge on any atom is -0.369 e. The third-order valence-corrected chi connectivity index (χ3v) is 1.58. The Hall–Kier alpha value is -2.11. The number of nitrogens with two attached hydrogens (primary N) is 1. The van der Waals surface area contributed by atoms with E-state index in [1.807, 2.05) is 19.1 Å². The molecule has 1 aromatic heterocycles. The summed E-state index contributed by atoms with van der Waals surface area (Å²) in [5, 5.41) is 4.70. The molecule has 2 amide bonds. The first-order chi connectivity index (χ1) is 7.11. The van der Waals surface area contributed by atoms with E-state index in [-0.39, 0.29) is 5.96 Å². The maximum atomic E-state index is 10.9. The van der Waals surface area contributed by atoms with Crippen LogP contribution in [0, 0.1) is 6.92 Å². The first-order valence-corrected chi connectivity index (χ1v) is 4.38. The van der Waals surface area contributed by atoms with Crippen molar-refractivity contribution in [1.82, 2.24) is 15.6 Å². The second-order valence-corrected chi connectivity index (χ2v) is 2.84. The molecule has 0 atom stereocenters. The van der Waals surface area contributed by atoms with Crippen LogP contribution >= 0.6 is 0 Å². The molecule has 0 unspecified atom stereocenters. The zero-order chi connectivity index (χ0) is 11.3. The fourth-order valence-electron chi connectivity index (χ4n) is 0.921. The molecule has 0 spiro atoms. The number of nitrogens with zero attached hydrogens (tertiary/aromatic N) is 2. The number of urea groups is 1. The van der Waals surface area contributed by atoms with Crippen molar-refractivity contribution >= 4 is 17.8 Å². The molecule has 1 rings (SSSR count). The number of hydrogen-bond donors (Lipinski definition) is 3. The van der Waals surface area contributed by atoms with Crippen LogP contribution in [0.3, 0.4) is 0 Å². The van der Waals surface area contributed by atoms with Gasteiger partial charge in [0.1, 0.15) is 0 Å². The van der Waals surface area contributed by atoms with Crippen LogP contribution in [0.15, 0.2) is 23.2 Å². The Labute approximate surface area is 87.6 Å². The SMILES string of the molecule is CNC(=O)N/C(N)=N/c1cccc(C)n1. The van der Waals surface area contributed by atoms with Gasteiger partial charge in [-0.15, -0.1) is 0 Å². The molecule has 4 N–H and O–H groups in total. The lowest BCUT2D eigenvalue weighted by molar-refractivity contribution is 0.247. The minimum absolute atomic E-state index is 0.00690. The van der Waals surface area contributed by atoms with Gasteiger partial charge in [0.25, 0.3) is 0 Å². The molecule has 0 bridgehead atoms. The summed E-state index contributed by atoms with van der Waals surface area (Å²) in [6.07, 6.45) is 0. The van der Waals surface area contributed by atoms with E-state index in [1.165, 1.54) is 7.05 Å². The number of hydrogen-bond acceptors (Lipinski definition) is 3. The average molecular weight is 207 g/mol. The molecule has 0 aliphatic carbocycles. The van der Waals surface area contributed by atoms with Crippen molar-refractivity contribution in [1.29, 1.82) is 0 Å². The van der Waals surface area contributed by atoms with Gasteiger partial charge in [-0.3, -0.25) is 5.32 Å². The van der Waals surface area contributed by atoms with E-state index in [1.54, 1.807) is 6.07 Å². The second kappa shape index (κ2) is 4.94. The lowest BCUT2D eigenvalue weighted by Crippen LogP contribution is -2.41. The van der Waals surface area contributed by atoms with Crippen molar-refractivity contribution in [2.45, 2.75) is 6.92 Å². The lowest BCUT2D eigenvalue weighted by atomic mass is 10.4. The standard InChI is InChI=1S/C9H13N5O/c1-6-4-3-5-7(12-6)13-8(10)14-9(15)11-2/h3-5H,1-2H3,(H4,10,11,12,13,14,15). The molecule has 1 heterocycles. The molecule has 6 nitrogen and oxygen atoms in total. The molecule has 80 valence electrons. The first kappa shape index (κ1) is 11.0. The molecule has 0 aliphatic heterocycles. The van der Waals surface area contributed by atoms with Crippen molar-refractivity contribution in [3.63, 3.8) is 0 Å². The fraction of sp³-hybridized carbons (Fsp3) is 0.222. The Morgan fingerprint density at radius 1 is 1.53 bits per heavy atom. The molecule has 15 heavy (non-hydrogen) atoms. The Kier molecular flexibility index (Phi) is 3.61. The van der Waals surface area contributed by atoms with Crippen LogP contribution in [-0.2, 0) is 0 Å². The highest BCUT2D eigenvalue weighted by Gasteiger charge is 1.99. The highest BCUT2D eigenvalue weighted by molar-refractivity contribution is 5.96. The fourth-order valence-corrected chi connectivity index (χ4v) is 0.921. The van der Waals surface area contributed by atoms with Gasteiger partial charge in [0.05, 0.1) is 0 Å². The second-order valence-electron chi connectivity index (χ2n) is 2.84. The van der Waals surface area contributed by atoms with Crippen LogP contribution < -0.4 is 16.4 Å². The van der Waals surface area contributed by atoms with E-state index >= 15 is 0 Å². The summed E-state index contributed by atoms with van der Waals surface area (Å²) in [6.45, 7) is 1.85. The summed E-state index contributed by atoms with van der Waals surface area (Å²) in [7, 11) is 1.49. The van der Waals surface area contributed by atoms with Gasteiger partial charge in [0.2, 0.25) is 5.96 Å². The van der Waals surface area contributed by atoms with Gasteiger partial charge in [0, 0.05) is 12.7 Å². The maximum Gasteiger partial charge on any atom is 0.321 e. The number of carbonyl (C=O) groups excluding carboxylic acids is 1. The van der Waals surface area contributed by atoms with Gasteiger partial charge in [-0.2, -0.15) is 4.99 Å². The summed E-state index contributed by atoms with van der Waals surface area (Å²) >= 11 is 0. The van der Waals surface area contributed by atoms with Crippen LogP contribution in [0.1, 0.15) is 5.69 Å². The number of nitrogens with one attached hydrogen (secondary N) is 2. The zero-order valence-electron chi connectivity index (χ0n) is 8.61. The number of guanidine groups is 1. The zero-order valence-corrected chi connectivity index (χ0v) is 8.61. The number of aliphatic imine (C=N–C) groups is 1. The third kappa shape index (κ3) is 3.63. The van der Waals surface area contributed by atoms with E-state index < -0.39 is 6.03 Å².